The second-order valence-corrected chi connectivity index (χ2v) is 4.96. The Labute approximate surface area is 119 Å². The zero-order chi connectivity index (χ0) is 14.7. The second kappa shape index (κ2) is 5.78. The highest BCUT2D eigenvalue weighted by Gasteiger charge is 2.18. The zero-order valence-corrected chi connectivity index (χ0v) is 12.0. The first-order valence-corrected chi connectivity index (χ1v) is 6.61. The number of carbonyl (C=O) groups is 1. The van der Waals surface area contributed by atoms with Crippen molar-refractivity contribution in [2.45, 2.75) is 26.9 Å². The molecule has 2 N–H and O–H groups in total. The summed E-state index contributed by atoms with van der Waals surface area (Å²) in [6.45, 7) is 5.75. The smallest absolute Gasteiger partial charge is 0.203 e. The molecule has 0 radical (unpaired) electrons. The van der Waals surface area contributed by atoms with E-state index in [0.29, 0.717) is 17.0 Å². The van der Waals surface area contributed by atoms with Gasteiger partial charge in [-0.25, -0.2) is 0 Å². The number of aryl methyl sites for hydroxylation is 2. The van der Waals surface area contributed by atoms with E-state index >= 15 is 0 Å². The van der Waals surface area contributed by atoms with E-state index in [9.17, 15) is 4.79 Å². The fourth-order valence-corrected chi connectivity index (χ4v) is 1.96. The number of ketones is 1. The van der Waals surface area contributed by atoms with Crippen LogP contribution in [0.5, 0.6) is 5.75 Å². The molecule has 2 aromatic rings. The van der Waals surface area contributed by atoms with Crippen molar-refractivity contribution >= 4 is 11.5 Å². The third kappa shape index (κ3) is 2.99. The normalized spacial score (nSPS) is 11.9. The summed E-state index contributed by atoms with van der Waals surface area (Å²) >= 11 is 0. The van der Waals surface area contributed by atoms with Crippen molar-refractivity contribution in [3.05, 3.63) is 59.2 Å². The molecule has 1 unspecified atom stereocenters. The quantitative estimate of drug-likeness (QED) is 0.682. The van der Waals surface area contributed by atoms with Gasteiger partial charge in [0, 0.05) is 5.56 Å². The van der Waals surface area contributed by atoms with Gasteiger partial charge in [-0.1, -0.05) is 24.3 Å². The Hall–Kier alpha value is -2.29. The van der Waals surface area contributed by atoms with Gasteiger partial charge in [-0.05, 0) is 50.1 Å². The van der Waals surface area contributed by atoms with E-state index in [1.165, 1.54) is 5.56 Å². The molecule has 0 aliphatic rings. The average molecular weight is 269 g/mol. The molecule has 0 aromatic heterocycles. The topological polar surface area (TPSA) is 52.3 Å². The van der Waals surface area contributed by atoms with Crippen molar-refractivity contribution in [1.82, 2.24) is 0 Å². The molecule has 3 nitrogen and oxygen atoms in total. The lowest BCUT2D eigenvalue weighted by molar-refractivity contribution is 0.0819. The molecule has 2 rings (SSSR count). The van der Waals surface area contributed by atoms with Gasteiger partial charge in [-0.2, -0.15) is 0 Å². The number of hydrogen-bond donors (Lipinski definition) is 1. The number of para-hydroxylation sites is 2. The lowest BCUT2D eigenvalue weighted by atomic mass is 10.0. The van der Waals surface area contributed by atoms with Crippen molar-refractivity contribution in [2.75, 3.05) is 5.73 Å². The van der Waals surface area contributed by atoms with Crippen LogP contribution in [0.15, 0.2) is 42.5 Å². The summed E-state index contributed by atoms with van der Waals surface area (Å²) in [5.41, 5.74) is 9.28. The molecule has 0 amide bonds. The standard InChI is InChI=1S/C17H19NO2/c1-11-8-9-14(10-12(11)2)17(19)13(3)20-16-7-5-4-6-15(16)18/h4-10,13H,18H2,1-3H3. The van der Waals surface area contributed by atoms with Crippen LogP contribution in [-0.4, -0.2) is 11.9 Å². The SMILES string of the molecule is Cc1ccc(C(=O)C(C)Oc2ccccc2N)cc1C. The lowest BCUT2D eigenvalue weighted by Gasteiger charge is -2.15. The van der Waals surface area contributed by atoms with Gasteiger partial charge in [0.2, 0.25) is 5.78 Å². The van der Waals surface area contributed by atoms with E-state index in [4.69, 9.17) is 10.5 Å². The minimum absolute atomic E-state index is 0.0450. The fraction of sp³-hybridized carbons (Fsp3) is 0.235. The molecular formula is C17H19NO2. The molecule has 1 atom stereocenters. The number of benzene rings is 2. The first-order chi connectivity index (χ1) is 9.49. The van der Waals surface area contributed by atoms with Crippen molar-refractivity contribution in [1.29, 1.82) is 0 Å². The number of ether oxygens (including phenoxy) is 1. The van der Waals surface area contributed by atoms with Gasteiger partial charge in [0.05, 0.1) is 5.69 Å². The minimum Gasteiger partial charge on any atom is -0.480 e. The highest BCUT2D eigenvalue weighted by molar-refractivity contribution is 5.99. The molecule has 0 heterocycles. The van der Waals surface area contributed by atoms with Crippen LogP contribution in [0.3, 0.4) is 0 Å². The van der Waals surface area contributed by atoms with E-state index in [2.05, 4.69) is 0 Å². The number of nitrogen functional groups attached to an aromatic ring is 1. The fourth-order valence-electron chi connectivity index (χ4n) is 1.96. The predicted octanol–water partition coefficient (Wildman–Crippen LogP) is 3.54. The molecule has 0 saturated heterocycles. The van der Waals surface area contributed by atoms with Crippen LogP contribution < -0.4 is 10.5 Å². The Bertz CT molecular complexity index is 635. The molecule has 0 aliphatic heterocycles. The van der Waals surface area contributed by atoms with E-state index in [1.54, 1.807) is 19.1 Å². The maximum atomic E-state index is 12.4. The van der Waals surface area contributed by atoms with Crippen molar-refractivity contribution in [3.63, 3.8) is 0 Å². The maximum absolute atomic E-state index is 12.4. The summed E-state index contributed by atoms with van der Waals surface area (Å²) < 4.78 is 5.66. The highest BCUT2D eigenvalue weighted by Crippen LogP contribution is 2.22. The molecule has 0 bridgehead atoms. The molecule has 2 aromatic carbocycles. The van der Waals surface area contributed by atoms with E-state index in [1.807, 2.05) is 44.2 Å². The van der Waals surface area contributed by atoms with Crippen molar-refractivity contribution in [3.8, 4) is 5.75 Å². The van der Waals surface area contributed by atoms with Crippen molar-refractivity contribution < 1.29 is 9.53 Å². The van der Waals surface area contributed by atoms with Crippen LogP contribution in [0.25, 0.3) is 0 Å². The maximum Gasteiger partial charge on any atom is 0.203 e. The molecule has 0 fully saturated rings. The Balaban J connectivity index is 2.16. The number of hydrogen-bond acceptors (Lipinski definition) is 3. The monoisotopic (exact) mass is 269 g/mol. The zero-order valence-electron chi connectivity index (χ0n) is 12.0. The Morgan fingerprint density at radius 2 is 1.80 bits per heavy atom. The molecule has 0 saturated carbocycles. The number of nitrogens with two attached hydrogens (primary N) is 1. The van der Waals surface area contributed by atoms with Gasteiger partial charge in [-0.15, -0.1) is 0 Å². The summed E-state index contributed by atoms with van der Waals surface area (Å²) in [6, 6.07) is 12.9. The van der Waals surface area contributed by atoms with Crippen LogP contribution >= 0.6 is 0 Å². The van der Waals surface area contributed by atoms with Crippen LogP contribution in [0, 0.1) is 13.8 Å². The van der Waals surface area contributed by atoms with Gasteiger partial charge >= 0.3 is 0 Å². The van der Waals surface area contributed by atoms with Crippen LogP contribution in [0.2, 0.25) is 0 Å². The number of rotatable bonds is 4. The molecule has 104 valence electrons. The van der Waals surface area contributed by atoms with Gasteiger partial charge < -0.3 is 10.5 Å². The second-order valence-electron chi connectivity index (χ2n) is 4.96. The average Bonchev–Trinajstić information content (AvgIpc) is 2.43. The van der Waals surface area contributed by atoms with Crippen LogP contribution in [0.1, 0.15) is 28.4 Å². The molecule has 20 heavy (non-hydrogen) atoms. The first kappa shape index (κ1) is 14.1. The van der Waals surface area contributed by atoms with Gasteiger partial charge in [-0.3, -0.25) is 4.79 Å². The summed E-state index contributed by atoms with van der Waals surface area (Å²) in [4.78, 5) is 12.4. The Kier molecular flexibility index (Phi) is 4.08. The largest absolute Gasteiger partial charge is 0.480 e. The number of carbonyl (C=O) groups excluding carboxylic acids is 1. The van der Waals surface area contributed by atoms with Crippen LogP contribution in [-0.2, 0) is 0 Å². The third-order valence-electron chi connectivity index (χ3n) is 3.38. The Morgan fingerprint density at radius 1 is 1.10 bits per heavy atom. The molecular weight excluding hydrogens is 250 g/mol. The van der Waals surface area contributed by atoms with Gasteiger partial charge in [0.25, 0.3) is 0 Å². The predicted molar refractivity (Wildman–Crippen MR) is 81.2 cm³/mol. The van der Waals surface area contributed by atoms with E-state index in [-0.39, 0.29) is 5.78 Å². The molecule has 0 aliphatic carbocycles. The molecule has 3 heteroatoms. The number of Topliss-reactive ketones (excluding diaryl/α,β-unsaturated/α-hetero) is 1. The van der Waals surface area contributed by atoms with Crippen LogP contribution in [0.4, 0.5) is 5.69 Å². The molecule has 0 spiro atoms. The highest BCUT2D eigenvalue weighted by atomic mass is 16.5. The van der Waals surface area contributed by atoms with Gasteiger partial charge in [0.15, 0.2) is 6.10 Å². The third-order valence-corrected chi connectivity index (χ3v) is 3.38. The van der Waals surface area contributed by atoms with Crippen molar-refractivity contribution in [2.24, 2.45) is 0 Å². The van der Waals surface area contributed by atoms with E-state index < -0.39 is 6.10 Å². The summed E-state index contributed by atoms with van der Waals surface area (Å²) in [6.07, 6.45) is -0.568. The Morgan fingerprint density at radius 3 is 2.45 bits per heavy atom. The van der Waals surface area contributed by atoms with Gasteiger partial charge in [0.1, 0.15) is 5.75 Å². The lowest BCUT2D eigenvalue weighted by Crippen LogP contribution is -2.24. The summed E-state index contributed by atoms with van der Waals surface area (Å²) in [5.74, 6) is 0.494. The summed E-state index contributed by atoms with van der Waals surface area (Å²) in [7, 11) is 0. The number of anilines is 1. The first-order valence-electron chi connectivity index (χ1n) is 6.61. The minimum atomic E-state index is -0.568. The van der Waals surface area contributed by atoms with E-state index in [0.717, 1.165) is 5.56 Å². The summed E-state index contributed by atoms with van der Waals surface area (Å²) in [5, 5.41) is 0.